The molecule has 0 radical (unpaired) electrons. The van der Waals surface area contributed by atoms with Crippen molar-refractivity contribution in [2.45, 2.75) is 53.6 Å². The lowest BCUT2D eigenvalue weighted by Crippen LogP contribution is -2.22. The van der Waals surface area contributed by atoms with Crippen molar-refractivity contribution in [3.8, 4) is 0 Å². The van der Waals surface area contributed by atoms with Crippen molar-refractivity contribution in [1.82, 2.24) is 5.32 Å². The molecular formula is C17H24FNO. The summed E-state index contributed by atoms with van der Waals surface area (Å²) in [4.78, 5) is 0. The fraction of sp³-hybridized carbons (Fsp3) is 0.529. The Balaban J connectivity index is 2.54. The van der Waals surface area contributed by atoms with Crippen molar-refractivity contribution < 1.29 is 8.81 Å². The Morgan fingerprint density at radius 2 is 1.90 bits per heavy atom. The van der Waals surface area contributed by atoms with Gasteiger partial charge in [0.15, 0.2) is 11.4 Å². The second-order valence-corrected chi connectivity index (χ2v) is 6.21. The van der Waals surface area contributed by atoms with E-state index in [0.717, 1.165) is 28.7 Å². The predicted molar refractivity (Wildman–Crippen MR) is 81.4 cm³/mol. The van der Waals surface area contributed by atoms with Gasteiger partial charge in [-0.3, -0.25) is 0 Å². The molecule has 0 aliphatic rings. The zero-order valence-corrected chi connectivity index (χ0v) is 13.0. The third kappa shape index (κ3) is 3.04. The van der Waals surface area contributed by atoms with Gasteiger partial charge in [-0.15, -0.1) is 0 Å². The fourth-order valence-corrected chi connectivity index (χ4v) is 2.52. The van der Waals surface area contributed by atoms with E-state index in [0.29, 0.717) is 24.1 Å². The summed E-state index contributed by atoms with van der Waals surface area (Å²) < 4.78 is 19.8. The minimum Gasteiger partial charge on any atom is -0.456 e. The Hall–Kier alpha value is -1.35. The summed E-state index contributed by atoms with van der Waals surface area (Å²) in [5, 5.41) is 4.32. The molecule has 1 heterocycles. The van der Waals surface area contributed by atoms with E-state index < -0.39 is 0 Å². The minimum absolute atomic E-state index is 0.272. The quantitative estimate of drug-likeness (QED) is 0.865. The summed E-state index contributed by atoms with van der Waals surface area (Å²) in [6.07, 6.45) is 0.909. The molecule has 110 valence electrons. The first-order chi connectivity index (χ1) is 9.40. The second-order valence-electron chi connectivity index (χ2n) is 6.21. The number of furan rings is 1. The molecule has 2 rings (SSSR count). The molecule has 1 aromatic heterocycles. The molecule has 3 heteroatoms. The van der Waals surface area contributed by atoms with Gasteiger partial charge < -0.3 is 9.73 Å². The molecule has 20 heavy (non-hydrogen) atoms. The Bertz CT molecular complexity index is 599. The maximum Gasteiger partial charge on any atom is 0.170 e. The Morgan fingerprint density at radius 3 is 2.50 bits per heavy atom. The first-order valence-corrected chi connectivity index (χ1v) is 7.32. The van der Waals surface area contributed by atoms with Crippen molar-refractivity contribution in [3.63, 3.8) is 0 Å². The van der Waals surface area contributed by atoms with Crippen molar-refractivity contribution in [2.24, 2.45) is 5.92 Å². The van der Waals surface area contributed by atoms with Crippen molar-refractivity contribution in [1.29, 1.82) is 0 Å². The van der Waals surface area contributed by atoms with Gasteiger partial charge in [0.1, 0.15) is 5.76 Å². The highest BCUT2D eigenvalue weighted by atomic mass is 19.1. The molecule has 0 aliphatic carbocycles. The summed E-state index contributed by atoms with van der Waals surface area (Å²) in [5.74, 6) is 1.11. The molecule has 0 amide bonds. The summed E-state index contributed by atoms with van der Waals surface area (Å²) in [6, 6.07) is 3.69. The Kier molecular flexibility index (Phi) is 4.48. The number of benzene rings is 1. The number of hydrogen-bond acceptors (Lipinski definition) is 2. The normalized spacial score (nSPS) is 12.0. The van der Waals surface area contributed by atoms with Crippen LogP contribution in [0.5, 0.6) is 0 Å². The van der Waals surface area contributed by atoms with E-state index in [4.69, 9.17) is 4.42 Å². The van der Waals surface area contributed by atoms with Gasteiger partial charge in [-0.05, 0) is 30.9 Å². The van der Waals surface area contributed by atoms with Crippen molar-refractivity contribution in [2.75, 3.05) is 0 Å². The first-order valence-electron chi connectivity index (χ1n) is 7.32. The molecule has 0 fully saturated rings. The van der Waals surface area contributed by atoms with Crippen LogP contribution in [-0.4, -0.2) is 6.04 Å². The van der Waals surface area contributed by atoms with E-state index in [2.05, 4.69) is 33.0 Å². The van der Waals surface area contributed by atoms with Gasteiger partial charge in [-0.2, -0.15) is 0 Å². The van der Waals surface area contributed by atoms with Crippen LogP contribution in [0.1, 0.15) is 44.6 Å². The first kappa shape index (κ1) is 15.0. The lowest BCUT2D eigenvalue weighted by molar-refractivity contribution is 0.468. The third-order valence-electron chi connectivity index (χ3n) is 3.46. The van der Waals surface area contributed by atoms with Crippen LogP contribution in [0.3, 0.4) is 0 Å². The Labute approximate surface area is 120 Å². The van der Waals surface area contributed by atoms with Gasteiger partial charge in [0.2, 0.25) is 0 Å². The van der Waals surface area contributed by atoms with E-state index in [-0.39, 0.29) is 5.82 Å². The maximum atomic E-state index is 14.0. The highest BCUT2D eigenvalue weighted by Crippen LogP contribution is 2.32. The zero-order chi connectivity index (χ0) is 14.9. The van der Waals surface area contributed by atoms with Crippen LogP contribution >= 0.6 is 0 Å². The zero-order valence-electron chi connectivity index (χ0n) is 13.0. The maximum absolute atomic E-state index is 14.0. The van der Waals surface area contributed by atoms with Crippen LogP contribution in [0.2, 0.25) is 0 Å². The Morgan fingerprint density at radius 1 is 1.20 bits per heavy atom. The third-order valence-corrected chi connectivity index (χ3v) is 3.46. The molecule has 1 aromatic carbocycles. The van der Waals surface area contributed by atoms with Crippen LogP contribution in [0.15, 0.2) is 16.5 Å². The van der Waals surface area contributed by atoms with E-state index >= 15 is 0 Å². The molecule has 0 saturated heterocycles. The van der Waals surface area contributed by atoms with E-state index in [9.17, 15) is 4.39 Å². The van der Waals surface area contributed by atoms with Crippen LogP contribution < -0.4 is 5.32 Å². The lowest BCUT2D eigenvalue weighted by atomic mass is 9.97. The largest absolute Gasteiger partial charge is 0.456 e. The number of halogens is 1. The topological polar surface area (TPSA) is 25.2 Å². The molecular weight excluding hydrogens is 253 g/mol. The summed E-state index contributed by atoms with van der Waals surface area (Å²) in [5.41, 5.74) is 2.64. The standard InChI is InChI=1S/C17H24FNO/c1-10(2)8-13-15(9-19-11(3)4)20-17-14(18)7-6-12(5)16(13)17/h6-7,10-11,19H,8-9H2,1-5H3. The van der Waals surface area contributed by atoms with Gasteiger partial charge in [0, 0.05) is 17.0 Å². The summed E-state index contributed by atoms with van der Waals surface area (Å²) >= 11 is 0. The van der Waals surface area contributed by atoms with Crippen LogP contribution in [0.25, 0.3) is 11.0 Å². The number of rotatable bonds is 5. The minimum atomic E-state index is -0.272. The van der Waals surface area contributed by atoms with Crippen molar-refractivity contribution in [3.05, 3.63) is 34.8 Å². The molecule has 0 aliphatic heterocycles. The monoisotopic (exact) mass is 277 g/mol. The van der Waals surface area contributed by atoms with Crippen LogP contribution in [-0.2, 0) is 13.0 Å². The average molecular weight is 277 g/mol. The summed E-state index contributed by atoms with van der Waals surface area (Å²) in [6.45, 7) is 11.2. The number of nitrogens with one attached hydrogen (secondary N) is 1. The van der Waals surface area contributed by atoms with Crippen molar-refractivity contribution >= 4 is 11.0 Å². The van der Waals surface area contributed by atoms with Gasteiger partial charge in [-0.25, -0.2) is 4.39 Å². The second kappa shape index (κ2) is 5.96. The van der Waals surface area contributed by atoms with E-state index in [1.54, 1.807) is 0 Å². The van der Waals surface area contributed by atoms with Crippen LogP contribution in [0, 0.1) is 18.7 Å². The lowest BCUT2D eigenvalue weighted by Gasteiger charge is -2.10. The van der Waals surface area contributed by atoms with Crippen LogP contribution in [0.4, 0.5) is 4.39 Å². The number of hydrogen-bond donors (Lipinski definition) is 1. The smallest absolute Gasteiger partial charge is 0.170 e. The molecule has 2 nitrogen and oxygen atoms in total. The molecule has 0 atom stereocenters. The van der Waals surface area contributed by atoms with Gasteiger partial charge in [0.05, 0.1) is 6.54 Å². The SMILES string of the molecule is Cc1ccc(F)c2oc(CNC(C)C)c(CC(C)C)c12. The molecule has 0 bridgehead atoms. The number of fused-ring (bicyclic) bond motifs is 1. The van der Waals surface area contributed by atoms with E-state index in [1.807, 2.05) is 13.0 Å². The highest BCUT2D eigenvalue weighted by molar-refractivity contribution is 5.86. The molecule has 0 unspecified atom stereocenters. The highest BCUT2D eigenvalue weighted by Gasteiger charge is 2.19. The number of aryl methyl sites for hydroxylation is 1. The molecule has 0 spiro atoms. The van der Waals surface area contributed by atoms with Gasteiger partial charge in [-0.1, -0.05) is 33.8 Å². The predicted octanol–water partition coefficient (Wildman–Crippen LogP) is 4.58. The molecule has 1 N–H and O–H groups in total. The van der Waals surface area contributed by atoms with E-state index in [1.165, 1.54) is 6.07 Å². The van der Waals surface area contributed by atoms with Gasteiger partial charge >= 0.3 is 0 Å². The average Bonchev–Trinajstić information content (AvgIpc) is 2.71. The molecule has 0 saturated carbocycles. The summed E-state index contributed by atoms with van der Waals surface area (Å²) in [7, 11) is 0. The van der Waals surface area contributed by atoms with Gasteiger partial charge in [0.25, 0.3) is 0 Å². The molecule has 2 aromatic rings. The fourth-order valence-electron chi connectivity index (χ4n) is 2.52.